The van der Waals surface area contributed by atoms with Crippen LogP contribution in [0.25, 0.3) is 0 Å². The summed E-state index contributed by atoms with van der Waals surface area (Å²) in [6.07, 6.45) is 2.80. The molecule has 1 aromatic heterocycles. The Bertz CT molecular complexity index is 808. The van der Waals surface area contributed by atoms with E-state index in [2.05, 4.69) is 20.6 Å². The molecule has 3 rings (SSSR count). The summed E-state index contributed by atoms with van der Waals surface area (Å²) in [6, 6.07) is 16.7. The van der Waals surface area contributed by atoms with E-state index in [1.165, 1.54) is 17.3 Å². The number of aromatic nitrogens is 3. The predicted octanol–water partition coefficient (Wildman–Crippen LogP) is 2.74. The highest BCUT2D eigenvalue weighted by Gasteiger charge is 2.17. The number of Topliss-reactive ketones (excluding diaryl/α,β-unsaturated/α-hetero) is 1. The molecule has 0 aliphatic rings. The summed E-state index contributed by atoms with van der Waals surface area (Å²) in [6.45, 7) is 2.01. The first-order valence-electron chi connectivity index (χ1n) is 7.09. The van der Waals surface area contributed by atoms with Gasteiger partial charge in [-0.1, -0.05) is 48.0 Å². The minimum atomic E-state index is -0.240. The third-order valence-electron chi connectivity index (χ3n) is 3.22. The van der Waals surface area contributed by atoms with Gasteiger partial charge in [-0.25, -0.2) is 4.98 Å². The molecule has 0 aliphatic carbocycles. The van der Waals surface area contributed by atoms with Crippen LogP contribution in [0.3, 0.4) is 0 Å². The van der Waals surface area contributed by atoms with Crippen molar-refractivity contribution >= 4 is 17.3 Å². The Morgan fingerprint density at radius 1 is 1.09 bits per heavy atom. The van der Waals surface area contributed by atoms with Crippen LogP contribution in [-0.2, 0) is 0 Å². The van der Waals surface area contributed by atoms with Crippen molar-refractivity contribution in [3.63, 3.8) is 0 Å². The molecule has 3 aromatic rings. The summed E-state index contributed by atoms with van der Waals surface area (Å²) < 4.78 is 1.34. The van der Waals surface area contributed by atoms with E-state index in [-0.39, 0.29) is 11.6 Å². The maximum Gasteiger partial charge on any atom is 0.232 e. The third kappa shape index (κ3) is 3.49. The molecule has 0 saturated heterocycles. The molecule has 0 unspecified atom stereocenters. The fraction of sp³-hybridized carbons (Fsp3) is 0.0588. The van der Waals surface area contributed by atoms with Crippen LogP contribution in [0.5, 0.6) is 0 Å². The zero-order chi connectivity index (χ0) is 16.1. The van der Waals surface area contributed by atoms with E-state index in [1.807, 2.05) is 37.3 Å². The van der Waals surface area contributed by atoms with Crippen LogP contribution in [0.1, 0.15) is 15.9 Å². The van der Waals surface area contributed by atoms with E-state index in [0.717, 1.165) is 11.3 Å². The fourth-order valence-corrected chi connectivity index (χ4v) is 1.99. The summed E-state index contributed by atoms with van der Waals surface area (Å²) in [5.41, 5.74) is 5.36. The molecule has 0 saturated carbocycles. The molecule has 0 fully saturated rings. The minimum Gasteiger partial charge on any atom is -0.285 e. The molecular weight excluding hydrogens is 290 g/mol. The molecule has 0 bridgehead atoms. The van der Waals surface area contributed by atoms with Crippen molar-refractivity contribution in [2.45, 2.75) is 6.92 Å². The summed E-state index contributed by atoms with van der Waals surface area (Å²) in [5.74, 6) is -0.0926. The van der Waals surface area contributed by atoms with Crippen molar-refractivity contribution in [3.05, 3.63) is 78.4 Å². The predicted molar refractivity (Wildman–Crippen MR) is 88.4 cm³/mol. The molecule has 0 radical (unpaired) electrons. The van der Waals surface area contributed by atoms with Crippen LogP contribution >= 0.6 is 0 Å². The average molecular weight is 305 g/mol. The molecule has 1 N–H and O–H groups in total. The SMILES string of the molecule is Cc1ccc(N/N=C(/C(=O)c2ccccc2)n2cncn2)cc1. The Labute approximate surface area is 133 Å². The molecule has 0 spiro atoms. The maximum absolute atomic E-state index is 12.7. The van der Waals surface area contributed by atoms with E-state index in [1.54, 1.807) is 24.3 Å². The molecule has 0 amide bonds. The van der Waals surface area contributed by atoms with Crippen LogP contribution in [0.2, 0.25) is 0 Å². The minimum absolute atomic E-state index is 0.147. The van der Waals surface area contributed by atoms with Gasteiger partial charge in [0.1, 0.15) is 12.7 Å². The molecule has 6 nitrogen and oxygen atoms in total. The van der Waals surface area contributed by atoms with Gasteiger partial charge in [0.25, 0.3) is 0 Å². The lowest BCUT2D eigenvalue weighted by molar-refractivity contribution is 0.106. The normalized spacial score (nSPS) is 11.3. The van der Waals surface area contributed by atoms with E-state index in [4.69, 9.17) is 0 Å². The first kappa shape index (κ1) is 14.6. The Balaban J connectivity index is 1.91. The van der Waals surface area contributed by atoms with Crippen LogP contribution in [0, 0.1) is 6.92 Å². The van der Waals surface area contributed by atoms with Crippen LogP contribution in [0.15, 0.2) is 72.4 Å². The number of benzene rings is 2. The number of rotatable bonds is 4. The Morgan fingerprint density at radius 2 is 1.83 bits per heavy atom. The second-order valence-electron chi connectivity index (χ2n) is 4.95. The molecule has 23 heavy (non-hydrogen) atoms. The molecule has 0 aliphatic heterocycles. The van der Waals surface area contributed by atoms with Crippen molar-refractivity contribution in [2.24, 2.45) is 5.10 Å². The number of aryl methyl sites for hydroxylation is 1. The van der Waals surface area contributed by atoms with E-state index in [9.17, 15) is 4.79 Å². The standard InChI is InChI=1S/C17H15N5O/c1-13-7-9-15(10-8-13)20-21-17(22-12-18-11-19-22)16(23)14-5-3-2-4-6-14/h2-12,20H,1H3/b21-17-. The number of anilines is 1. The highest BCUT2D eigenvalue weighted by Crippen LogP contribution is 2.09. The van der Waals surface area contributed by atoms with Gasteiger partial charge in [0.05, 0.1) is 5.69 Å². The van der Waals surface area contributed by atoms with E-state index in [0.29, 0.717) is 5.56 Å². The Hall–Kier alpha value is -3.28. The van der Waals surface area contributed by atoms with Gasteiger partial charge in [-0.05, 0) is 19.1 Å². The Kier molecular flexibility index (Phi) is 4.24. The number of ketones is 1. The van der Waals surface area contributed by atoms with Crippen LogP contribution in [0.4, 0.5) is 5.69 Å². The largest absolute Gasteiger partial charge is 0.285 e. The second kappa shape index (κ2) is 6.65. The Morgan fingerprint density at radius 3 is 2.48 bits per heavy atom. The van der Waals surface area contributed by atoms with E-state index >= 15 is 0 Å². The summed E-state index contributed by atoms with van der Waals surface area (Å²) >= 11 is 0. The fourth-order valence-electron chi connectivity index (χ4n) is 1.99. The van der Waals surface area contributed by atoms with E-state index < -0.39 is 0 Å². The maximum atomic E-state index is 12.7. The lowest BCUT2D eigenvalue weighted by Gasteiger charge is -2.07. The highest BCUT2D eigenvalue weighted by molar-refractivity contribution is 6.45. The van der Waals surface area contributed by atoms with Gasteiger partial charge in [0.15, 0.2) is 0 Å². The monoisotopic (exact) mass is 305 g/mol. The zero-order valence-electron chi connectivity index (χ0n) is 12.5. The third-order valence-corrected chi connectivity index (χ3v) is 3.22. The van der Waals surface area contributed by atoms with Gasteiger partial charge in [-0.3, -0.25) is 10.2 Å². The van der Waals surface area contributed by atoms with Crippen molar-refractivity contribution in [1.29, 1.82) is 0 Å². The van der Waals surface area contributed by atoms with Crippen LogP contribution in [-0.4, -0.2) is 26.4 Å². The van der Waals surface area contributed by atoms with Gasteiger partial charge in [-0.2, -0.15) is 14.9 Å². The van der Waals surface area contributed by atoms with Crippen molar-refractivity contribution in [2.75, 3.05) is 5.43 Å². The number of carbonyl (C=O) groups is 1. The summed E-state index contributed by atoms with van der Waals surface area (Å²) in [5, 5.41) is 8.22. The molecule has 0 atom stereocenters. The van der Waals surface area contributed by atoms with Crippen LogP contribution < -0.4 is 5.43 Å². The number of nitrogens with one attached hydrogen (secondary N) is 1. The quantitative estimate of drug-likeness (QED) is 0.348. The van der Waals surface area contributed by atoms with Crippen molar-refractivity contribution in [1.82, 2.24) is 14.8 Å². The number of carbonyl (C=O) groups excluding carboxylic acids is 1. The molecule has 6 heteroatoms. The van der Waals surface area contributed by atoms with Gasteiger partial charge in [0.2, 0.25) is 11.6 Å². The zero-order valence-corrected chi connectivity index (χ0v) is 12.5. The number of hydrazone groups is 1. The second-order valence-corrected chi connectivity index (χ2v) is 4.95. The van der Waals surface area contributed by atoms with Gasteiger partial charge < -0.3 is 0 Å². The lowest BCUT2D eigenvalue weighted by Crippen LogP contribution is -2.25. The topological polar surface area (TPSA) is 72.2 Å². The first-order valence-corrected chi connectivity index (χ1v) is 7.09. The summed E-state index contributed by atoms with van der Waals surface area (Å²) in [7, 11) is 0. The number of hydrogen-bond acceptors (Lipinski definition) is 5. The molecule has 2 aromatic carbocycles. The molecule has 1 heterocycles. The highest BCUT2D eigenvalue weighted by atomic mass is 16.1. The number of hydrogen-bond donors (Lipinski definition) is 1. The average Bonchev–Trinajstić information content (AvgIpc) is 3.12. The van der Waals surface area contributed by atoms with Gasteiger partial charge in [0, 0.05) is 5.56 Å². The van der Waals surface area contributed by atoms with Gasteiger partial charge >= 0.3 is 0 Å². The van der Waals surface area contributed by atoms with Crippen molar-refractivity contribution < 1.29 is 4.79 Å². The first-order chi connectivity index (χ1) is 11.2. The van der Waals surface area contributed by atoms with Gasteiger partial charge in [-0.15, -0.1) is 0 Å². The molecule has 114 valence electrons. The van der Waals surface area contributed by atoms with Crippen molar-refractivity contribution in [3.8, 4) is 0 Å². The smallest absolute Gasteiger partial charge is 0.232 e. The number of nitrogens with zero attached hydrogens (tertiary/aromatic N) is 4. The molecular formula is C17H15N5O. The summed E-state index contributed by atoms with van der Waals surface area (Å²) in [4.78, 5) is 16.5. The lowest BCUT2D eigenvalue weighted by atomic mass is 10.1.